The zero-order valence-electron chi connectivity index (χ0n) is 18.7. The first kappa shape index (κ1) is 22.0. The molecule has 0 aliphatic carbocycles. The van der Waals surface area contributed by atoms with E-state index in [-0.39, 0.29) is 5.91 Å². The summed E-state index contributed by atoms with van der Waals surface area (Å²) in [5.74, 6) is 0.776. The summed E-state index contributed by atoms with van der Waals surface area (Å²) in [6.45, 7) is 7.38. The van der Waals surface area contributed by atoms with Gasteiger partial charge in [-0.1, -0.05) is 30.3 Å². The summed E-state index contributed by atoms with van der Waals surface area (Å²) in [5, 5.41) is 3.12. The third-order valence-corrected chi connectivity index (χ3v) is 6.85. The lowest BCUT2D eigenvalue weighted by Crippen LogP contribution is -2.50. The fourth-order valence-electron chi connectivity index (χ4n) is 5.23. The molecule has 1 N–H and O–H groups in total. The highest BCUT2D eigenvalue weighted by Gasteiger charge is 2.34. The Morgan fingerprint density at radius 2 is 1.97 bits per heavy atom. The monoisotopic (exact) mass is 423 g/mol. The zero-order chi connectivity index (χ0) is 21.3. The molecule has 1 amide bonds. The van der Waals surface area contributed by atoms with Crippen LogP contribution in [0.2, 0.25) is 0 Å². The zero-order valence-corrected chi connectivity index (χ0v) is 18.7. The van der Waals surface area contributed by atoms with Crippen molar-refractivity contribution >= 4 is 5.91 Å². The second-order valence-electron chi connectivity index (χ2n) is 9.12. The Bertz CT molecular complexity index is 772. The maximum Gasteiger partial charge on any atom is 0.220 e. The van der Waals surface area contributed by atoms with Crippen molar-refractivity contribution in [3.8, 4) is 0 Å². The fourth-order valence-corrected chi connectivity index (χ4v) is 5.23. The first-order valence-corrected chi connectivity index (χ1v) is 12.0. The number of nitrogens with zero attached hydrogens (tertiary/aromatic N) is 4. The van der Waals surface area contributed by atoms with Gasteiger partial charge in [0.15, 0.2) is 0 Å². The lowest BCUT2D eigenvalue weighted by molar-refractivity contribution is -0.121. The lowest BCUT2D eigenvalue weighted by atomic mass is 9.86. The maximum absolute atomic E-state index is 12.5. The Morgan fingerprint density at radius 1 is 1.13 bits per heavy atom. The Balaban J connectivity index is 1.25. The lowest BCUT2D eigenvalue weighted by Gasteiger charge is -2.43. The Hall–Kier alpha value is -2.18. The molecule has 0 bridgehead atoms. The van der Waals surface area contributed by atoms with Crippen LogP contribution < -0.4 is 5.32 Å². The molecule has 0 radical (unpaired) electrons. The van der Waals surface area contributed by atoms with E-state index in [1.54, 1.807) is 6.20 Å². The van der Waals surface area contributed by atoms with Crippen LogP contribution in [0.3, 0.4) is 0 Å². The molecule has 2 saturated heterocycles. The summed E-state index contributed by atoms with van der Waals surface area (Å²) >= 11 is 0. The second kappa shape index (κ2) is 11.4. The maximum atomic E-state index is 12.5. The van der Waals surface area contributed by atoms with Gasteiger partial charge in [0.25, 0.3) is 0 Å². The van der Waals surface area contributed by atoms with Gasteiger partial charge in [0.2, 0.25) is 5.91 Å². The highest BCUT2D eigenvalue weighted by Crippen LogP contribution is 2.29. The fraction of sp³-hybridized carbons (Fsp3) is 0.600. The van der Waals surface area contributed by atoms with Gasteiger partial charge < -0.3 is 14.8 Å². The molecule has 6 heteroatoms. The molecule has 0 saturated carbocycles. The van der Waals surface area contributed by atoms with Crippen LogP contribution in [0.5, 0.6) is 0 Å². The first-order chi connectivity index (χ1) is 15.3. The number of carbonyl (C=O) groups is 1. The summed E-state index contributed by atoms with van der Waals surface area (Å²) < 4.78 is 2.05. The summed E-state index contributed by atoms with van der Waals surface area (Å²) in [4.78, 5) is 21.8. The molecule has 2 aliphatic heterocycles. The van der Waals surface area contributed by atoms with Crippen molar-refractivity contribution in [1.29, 1.82) is 0 Å². The van der Waals surface area contributed by atoms with Crippen LogP contribution in [0.4, 0.5) is 0 Å². The number of imidazole rings is 1. The Morgan fingerprint density at radius 3 is 2.74 bits per heavy atom. The molecule has 0 spiro atoms. The van der Waals surface area contributed by atoms with Crippen LogP contribution in [-0.2, 0) is 17.9 Å². The van der Waals surface area contributed by atoms with Gasteiger partial charge in [-0.25, -0.2) is 4.98 Å². The van der Waals surface area contributed by atoms with E-state index < -0.39 is 0 Å². The minimum atomic E-state index is 0.200. The number of hydrogen-bond acceptors (Lipinski definition) is 4. The Kier molecular flexibility index (Phi) is 8.13. The van der Waals surface area contributed by atoms with E-state index in [0.29, 0.717) is 18.4 Å². The van der Waals surface area contributed by atoms with Crippen molar-refractivity contribution in [1.82, 2.24) is 24.7 Å². The molecule has 0 unspecified atom stereocenters. The average Bonchev–Trinajstić information content (AvgIpc) is 3.51. The van der Waals surface area contributed by atoms with Crippen LogP contribution >= 0.6 is 0 Å². The quantitative estimate of drug-likeness (QED) is 0.597. The molecule has 2 atom stereocenters. The van der Waals surface area contributed by atoms with Crippen LogP contribution in [0, 0.1) is 5.92 Å². The number of aryl methyl sites for hydroxylation is 1. The SMILES string of the molecule is O=C(CC[C@H]1CN(Cc2ccccc2)CC[C@H]1N1CCCC1)NCCCn1ccnc1. The molecule has 2 aliphatic rings. The summed E-state index contributed by atoms with van der Waals surface area (Å²) in [6, 6.07) is 11.4. The van der Waals surface area contributed by atoms with Crippen LogP contribution in [0.1, 0.15) is 44.1 Å². The van der Waals surface area contributed by atoms with Crippen molar-refractivity contribution in [3.05, 3.63) is 54.6 Å². The largest absolute Gasteiger partial charge is 0.356 e. The third kappa shape index (κ3) is 6.65. The van der Waals surface area contributed by atoms with Gasteiger partial charge in [0, 0.05) is 51.0 Å². The van der Waals surface area contributed by atoms with Crippen molar-refractivity contribution in [3.63, 3.8) is 0 Å². The van der Waals surface area contributed by atoms with E-state index in [1.165, 1.54) is 37.9 Å². The molecule has 6 nitrogen and oxygen atoms in total. The number of benzene rings is 1. The number of carbonyl (C=O) groups excluding carboxylic acids is 1. The normalized spacial score (nSPS) is 22.6. The van der Waals surface area contributed by atoms with Crippen molar-refractivity contribution < 1.29 is 4.79 Å². The first-order valence-electron chi connectivity index (χ1n) is 12.0. The molecule has 168 valence electrons. The minimum Gasteiger partial charge on any atom is -0.356 e. The number of aromatic nitrogens is 2. The van der Waals surface area contributed by atoms with Gasteiger partial charge in [-0.05, 0) is 63.2 Å². The molecule has 2 fully saturated rings. The predicted octanol–water partition coefficient (Wildman–Crippen LogP) is 3.16. The highest BCUT2D eigenvalue weighted by molar-refractivity contribution is 5.75. The standard InChI is InChI=1S/C25H37N5O/c31-25(27-12-6-14-28-18-13-26-21-28)10-9-23-20-29(19-22-7-2-1-3-8-22)17-11-24(23)30-15-4-5-16-30/h1-3,7-8,13,18,21,23-24H,4-6,9-12,14-17,19-20H2,(H,27,31)/t23-,24+/m0/s1. The number of amides is 1. The van der Waals surface area contributed by atoms with Gasteiger partial charge in [-0.15, -0.1) is 0 Å². The molecular formula is C25H37N5O. The van der Waals surface area contributed by atoms with Crippen molar-refractivity contribution in [2.24, 2.45) is 5.92 Å². The van der Waals surface area contributed by atoms with Gasteiger partial charge in [0.1, 0.15) is 0 Å². The summed E-state index contributed by atoms with van der Waals surface area (Å²) in [6.07, 6.45) is 12.0. The van der Waals surface area contributed by atoms with E-state index in [9.17, 15) is 4.79 Å². The van der Waals surface area contributed by atoms with Gasteiger partial charge >= 0.3 is 0 Å². The number of nitrogens with one attached hydrogen (secondary N) is 1. The van der Waals surface area contributed by atoms with Crippen LogP contribution in [0.15, 0.2) is 49.1 Å². The summed E-state index contributed by atoms with van der Waals surface area (Å²) in [7, 11) is 0. The topological polar surface area (TPSA) is 53.4 Å². The molecule has 1 aromatic heterocycles. The molecule has 31 heavy (non-hydrogen) atoms. The van der Waals surface area contributed by atoms with Gasteiger partial charge in [0.05, 0.1) is 6.33 Å². The molecule has 1 aromatic carbocycles. The molecular weight excluding hydrogens is 386 g/mol. The third-order valence-electron chi connectivity index (χ3n) is 6.85. The minimum absolute atomic E-state index is 0.200. The van der Waals surface area contributed by atoms with E-state index >= 15 is 0 Å². The number of hydrogen-bond donors (Lipinski definition) is 1. The van der Waals surface area contributed by atoms with Crippen LogP contribution in [-0.4, -0.2) is 64.0 Å². The van der Waals surface area contributed by atoms with Gasteiger partial charge in [-0.3, -0.25) is 9.69 Å². The number of likely N-dealkylation sites (tertiary alicyclic amines) is 2. The second-order valence-corrected chi connectivity index (χ2v) is 9.12. The van der Waals surface area contributed by atoms with E-state index in [2.05, 4.69) is 55.0 Å². The van der Waals surface area contributed by atoms with Gasteiger partial charge in [-0.2, -0.15) is 0 Å². The predicted molar refractivity (Wildman–Crippen MR) is 124 cm³/mol. The van der Waals surface area contributed by atoms with E-state index in [1.807, 2.05) is 12.5 Å². The smallest absolute Gasteiger partial charge is 0.220 e. The highest BCUT2D eigenvalue weighted by atomic mass is 16.1. The average molecular weight is 424 g/mol. The van der Waals surface area contributed by atoms with E-state index in [0.717, 1.165) is 45.6 Å². The number of rotatable bonds is 10. The summed E-state index contributed by atoms with van der Waals surface area (Å²) in [5.41, 5.74) is 1.39. The van der Waals surface area contributed by atoms with Crippen molar-refractivity contribution in [2.75, 3.05) is 32.7 Å². The van der Waals surface area contributed by atoms with E-state index in [4.69, 9.17) is 0 Å². The van der Waals surface area contributed by atoms with Crippen LogP contribution in [0.25, 0.3) is 0 Å². The molecule has 2 aromatic rings. The molecule has 4 rings (SSSR count). The van der Waals surface area contributed by atoms with Crippen molar-refractivity contribution in [2.45, 2.75) is 57.7 Å². The molecule has 3 heterocycles. The Labute approximate surface area is 186 Å². The number of piperidine rings is 1.